The Morgan fingerprint density at radius 2 is 2.00 bits per heavy atom. The molecule has 7 nitrogen and oxygen atoms in total. The number of aliphatic imine (C=N–C) groups is 1. The van der Waals surface area contributed by atoms with Gasteiger partial charge in [0, 0.05) is 38.5 Å². The van der Waals surface area contributed by atoms with Gasteiger partial charge < -0.3 is 20.7 Å². The molecule has 152 valence electrons. The lowest BCUT2D eigenvalue weighted by atomic mass is 10.2. The van der Waals surface area contributed by atoms with Gasteiger partial charge in [0.15, 0.2) is 5.96 Å². The fraction of sp³-hybridized carbons (Fsp3) is 0.316. The Labute approximate surface area is 187 Å². The average molecular weight is 518 g/mol. The van der Waals surface area contributed by atoms with Crippen LogP contribution in [0.2, 0.25) is 5.15 Å². The van der Waals surface area contributed by atoms with Gasteiger partial charge >= 0.3 is 0 Å². The summed E-state index contributed by atoms with van der Waals surface area (Å²) in [6, 6.07) is 11.0. The molecule has 0 atom stereocenters. The van der Waals surface area contributed by atoms with Crippen LogP contribution in [0.5, 0.6) is 5.75 Å². The first kappa shape index (κ1) is 24.0. The van der Waals surface area contributed by atoms with E-state index in [1.807, 2.05) is 24.3 Å². The molecule has 9 heteroatoms. The molecule has 3 N–H and O–H groups in total. The molecule has 1 heterocycles. The number of hydrogen-bond donors (Lipinski definition) is 3. The van der Waals surface area contributed by atoms with Crippen LogP contribution in [0.4, 0.5) is 5.69 Å². The van der Waals surface area contributed by atoms with Crippen LogP contribution in [0.1, 0.15) is 12.5 Å². The largest absolute Gasteiger partial charge is 0.492 e. The third-order valence-electron chi connectivity index (χ3n) is 3.54. The number of carbonyl (C=O) groups is 1. The van der Waals surface area contributed by atoms with E-state index < -0.39 is 0 Å². The van der Waals surface area contributed by atoms with Gasteiger partial charge in [-0.2, -0.15) is 0 Å². The van der Waals surface area contributed by atoms with Gasteiger partial charge in [-0.3, -0.25) is 9.79 Å². The lowest BCUT2D eigenvalue weighted by Gasteiger charge is -2.13. The molecular formula is C19H25ClIN5O2. The minimum Gasteiger partial charge on any atom is -0.492 e. The number of halogens is 2. The van der Waals surface area contributed by atoms with E-state index in [4.69, 9.17) is 16.3 Å². The summed E-state index contributed by atoms with van der Waals surface area (Å²) in [6.45, 7) is 3.25. The summed E-state index contributed by atoms with van der Waals surface area (Å²) in [4.78, 5) is 19.3. The Kier molecular flexibility index (Phi) is 11.3. The highest BCUT2D eigenvalue weighted by atomic mass is 127. The van der Waals surface area contributed by atoms with E-state index in [-0.39, 0.29) is 29.9 Å². The number of ether oxygens (including phenoxy) is 1. The predicted molar refractivity (Wildman–Crippen MR) is 124 cm³/mol. The minimum atomic E-state index is -0.113. The number of pyridine rings is 1. The summed E-state index contributed by atoms with van der Waals surface area (Å²) in [5, 5.41) is 9.65. The van der Waals surface area contributed by atoms with Crippen LogP contribution in [0.25, 0.3) is 0 Å². The van der Waals surface area contributed by atoms with Crippen LogP contribution in [0, 0.1) is 0 Å². The molecule has 0 saturated carbocycles. The topological polar surface area (TPSA) is 87.6 Å². The summed E-state index contributed by atoms with van der Waals surface area (Å²) < 4.78 is 5.69. The fourth-order valence-electron chi connectivity index (χ4n) is 2.31. The highest BCUT2D eigenvalue weighted by molar-refractivity contribution is 14.0. The van der Waals surface area contributed by atoms with E-state index in [1.54, 1.807) is 25.4 Å². The smallest absolute Gasteiger partial charge is 0.221 e. The second kappa shape index (κ2) is 13.2. The highest BCUT2D eigenvalue weighted by Gasteiger charge is 2.01. The summed E-state index contributed by atoms with van der Waals surface area (Å²) >= 11 is 5.78. The third-order valence-corrected chi connectivity index (χ3v) is 3.76. The van der Waals surface area contributed by atoms with Gasteiger partial charge in [-0.1, -0.05) is 23.7 Å². The average Bonchev–Trinajstić information content (AvgIpc) is 2.65. The molecule has 0 aliphatic carbocycles. The Morgan fingerprint density at radius 1 is 1.21 bits per heavy atom. The molecular weight excluding hydrogens is 493 g/mol. The number of rotatable bonds is 8. The van der Waals surface area contributed by atoms with Crippen LogP contribution in [-0.2, 0) is 11.2 Å². The van der Waals surface area contributed by atoms with Crippen LogP contribution < -0.4 is 20.7 Å². The summed E-state index contributed by atoms with van der Waals surface area (Å²) in [7, 11) is 1.72. The molecule has 1 aromatic carbocycles. The quantitative estimate of drug-likeness (QED) is 0.165. The van der Waals surface area contributed by atoms with Crippen molar-refractivity contribution >= 4 is 53.1 Å². The van der Waals surface area contributed by atoms with Crippen molar-refractivity contribution in [1.29, 1.82) is 0 Å². The standard InChI is InChI=1S/C19H24ClN5O2.HI/c1-14(26)25-16-4-3-5-17(12-16)27-11-10-23-19(21-2)22-9-8-15-6-7-18(20)24-13-15;/h3-7,12-13H,8-11H2,1-2H3,(H,25,26)(H2,21,22,23);1H. The maximum Gasteiger partial charge on any atom is 0.221 e. The molecule has 0 spiro atoms. The summed E-state index contributed by atoms with van der Waals surface area (Å²) in [6.07, 6.45) is 2.58. The van der Waals surface area contributed by atoms with Crippen molar-refractivity contribution in [2.24, 2.45) is 4.99 Å². The Morgan fingerprint density at radius 3 is 2.68 bits per heavy atom. The molecule has 0 radical (unpaired) electrons. The zero-order chi connectivity index (χ0) is 19.5. The fourth-order valence-corrected chi connectivity index (χ4v) is 2.42. The van der Waals surface area contributed by atoms with Crippen molar-refractivity contribution in [3.63, 3.8) is 0 Å². The summed E-state index contributed by atoms with van der Waals surface area (Å²) in [5.74, 6) is 1.28. The number of amides is 1. The van der Waals surface area contributed by atoms with Crippen molar-refractivity contribution in [2.45, 2.75) is 13.3 Å². The van der Waals surface area contributed by atoms with E-state index in [9.17, 15) is 4.79 Å². The predicted octanol–water partition coefficient (Wildman–Crippen LogP) is 3.10. The minimum absolute atomic E-state index is 0. The van der Waals surface area contributed by atoms with Crippen LogP contribution in [-0.4, -0.2) is 43.6 Å². The first-order valence-corrected chi connectivity index (χ1v) is 9.00. The first-order chi connectivity index (χ1) is 13.1. The maximum absolute atomic E-state index is 11.1. The molecule has 0 fully saturated rings. The third kappa shape index (κ3) is 9.23. The molecule has 0 bridgehead atoms. The molecule has 0 unspecified atom stereocenters. The van der Waals surface area contributed by atoms with Crippen molar-refractivity contribution in [3.8, 4) is 5.75 Å². The van der Waals surface area contributed by atoms with Gasteiger partial charge in [-0.25, -0.2) is 4.98 Å². The zero-order valence-corrected chi connectivity index (χ0v) is 19.0. The van der Waals surface area contributed by atoms with Gasteiger partial charge in [0.2, 0.25) is 5.91 Å². The van der Waals surface area contributed by atoms with Crippen LogP contribution in [0.15, 0.2) is 47.6 Å². The molecule has 0 aliphatic rings. The monoisotopic (exact) mass is 517 g/mol. The Bertz CT molecular complexity index is 771. The second-order valence-corrected chi connectivity index (χ2v) is 6.11. The number of aromatic nitrogens is 1. The lowest BCUT2D eigenvalue weighted by molar-refractivity contribution is -0.114. The molecule has 28 heavy (non-hydrogen) atoms. The van der Waals surface area contributed by atoms with Crippen LogP contribution >= 0.6 is 35.6 Å². The van der Waals surface area contributed by atoms with Gasteiger partial charge in [-0.05, 0) is 30.2 Å². The first-order valence-electron chi connectivity index (χ1n) is 8.62. The molecule has 2 rings (SSSR count). The lowest BCUT2D eigenvalue weighted by Crippen LogP contribution is -2.40. The van der Waals surface area contributed by atoms with E-state index in [1.165, 1.54) is 6.92 Å². The van der Waals surface area contributed by atoms with E-state index in [2.05, 4.69) is 25.9 Å². The normalized spacial score (nSPS) is 10.6. The molecule has 2 aromatic rings. The number of carbonyl (C=O) groups excluding carboxylic acids is 1. The number of benzene rings is 1. The highest BCUT2D eigenvalue weighted by Crippen LogP contribution is 2.17. The van der Waals surface area contributed by atoms with Crippen molar-refractivity contribution in [1.82, 2.24) is 15.6 Å². The second-order valence-electron chi connectivity index (χ2n) is 5.72. The molecule has 0 aliphatic heterocycles. The zero-order valence-electron chi connectivity index (χ0n) is 15.9. The molecule has 0 saturated heterocycles. The number of nitrogens with one attached hydrogen (secondary N) is 3. The maximum atomic E-state index is 11.1. The molecule has 1 aromatic heterocycles. The van der Waals surface area contributed by atoms with Crippen molar-refractivity contribution in [2.75, 3.05) is 32.1 Å². The number of nitrogens with zero attached hydrogens (tertiary/aromatic N) is 2. The van der Waals surface area contributed by atoms with E-state index >= 15 is 0 Å². The van der Waals surface area contributed by atoms with Gasteiger partial charge in [0.25, 0.3) is 0 Å². The van der Waals surface area contributed by atoms with E-state index in [0.29, 0.717) is 35.7 Å². The van der Waals surface area contributed by atoms with Gasteiger partial charge in [0.1, 0.15) is 17.5 Å². The van der Waals surface area contributed by atoms with Crippen molar-refractivity contribution in [3.05, 3.63) is 53.3 Å². The number of guanidine groups is 1. The van der Waals surface area contributed by atoms with E-state index in [0.717, 1.165) is 18.5 Å². The van der Waals surface area contributed by atoms with Gasteiger partial charge in [-0.15, -0.1) is 24.0 Å². The van der Waals surface area contributed by atoms with Gasteiger partial charge in [0.05, 0.1) is 6.54 Å². The SMILES string of the molecule is CN=C(NCCOc1cccc(NC(C)=O)c1)NCCc1ccc(Cl)nc1.I. The Balaban J connectivity index is 0.00000392. The van der Waals surface area contributed by atoms with Crippen molar-refractivity contribution < 1.29 is 9.53 Å². The Hall–Kier alpha value is -2.07. The van der Waals surface area contributed by atoms with Crippen LogP contribution in [0.3, 0.4) is 0 Å². The number of anilines is 1. The summed E-state index contributed by atoms with van der Waals surface area (Å²) in [5.41, 5.74) is 1.81. The molecule has 1 amide bonds. The number of hydrogen-bond acceptors (Lipinski definition) is 4.